The quantitative estimate of drug-likeness (QED) is 0.547. The summed E-state index contributed by atoms with van der Waals surface area (Å²) in [5.41, 5.74) is 4.92. The Morgan fingerprint density at radius 2 is 1.75 bits per heavy atom. The van der Waals surface area contributed by atoms with E-state index in [2.05, 4.69) is 58.5 Å². The van der Waals surface area contributed by atoms with Crippen molar-refractivity contribution in [2.45, 2.75) is 58.0 Å². The lowest BCUT2D eigenvalue weighted by Crippen LogP contribution is -2.33. The van der Waals surface area contributed by atoms with Crippen LogP contribution in [0.1, 0.15) is 62.7 Å². The Morgan fingerprint density at radius 3 is 2.41 bits per heavy atom. The molecule has 5 rings (SSSR count). The molecule has 0 bridgehead atoms. The van der Waals surface area contributed by atoms with Crippen LogP contribution in [0.25, 0.3) is 11.0 Å². The standard InChI is InChI=1S/C26H35N5O/c1-19(2)31-18-27-25-24(31)16-23(28-26(25)30-12-4-5-13-30)21-10-14-29(15-11-21)17-20-6-8-22(32-3)9-7-20/h6-9,16,18-19,21H,4-5,10-15,17H2,1-3H3. The number of hydrogen-bond donors (Lipinski definition) is 0. The Morgan fingerprint density at radius 1 is 1.03 bits per heavy atom. The summed E-state index contributed by atoms with van der Waals surface area (Å²) in [6.07, 6.45) is 6.82. The van der Waals surface area contributed by atoms with Gasteiger partial charge < -0.3 is 14.2 Å². The molecule has 32 heavy (non-hydrogen) atoms. The van der Waals surface area contributed by atoms with Gasteiger partial charge >= 0.3 is 0 Å². The van der Waals surface area contributed by atoms with Gasteiger partial charge in [0.25, 0.3) is 0 Å². The molecule has 6 nitrogen and oxygen atoms in total. The second kappa shape index (κ2) is 9.10. The van der Waals surface area contributed by atoms with Crippen molar-refractivity contribution in [2.24, 2.45) is 0 Å². The molecule has 0 radical (unpaired) electrons. The lowest BCUT2D eigenvalue weighted by atomic mass is 9.92. The van der Waals surface area contributed by atoms with E-state index in [1.54, 1.807) is 7.11 Å². The molecule has 2 aliphatic rings. The normalized spacial score (nSPS) is 18.2. The molecule has 6 heteroatoms. The number of benzene rings is 1. The first-order chi connectivity index (χ1) is 15.6. The molecule has 2 aromatic heterocycles. The fourth-order valence-electron chi connectivity index (χ4n) is 5.18. The van der Waals surface area contributed by atoms with Crippen molar-refractivity contribution in [3.8, 4) is 5.75 Å². The van der Waals surface area contributed by atoms with Gasteiger partial charge in [-0.25, -0.2) is 9.97 Å². The number of ether oxygens (including phenoxy) is 1. The van der Waals surface area contributed by atoms with Crippen molar-refractivity contribution < 1.29 is 4.74 Å². The minimum Gasteiger partial charge on any atom is -0.497 e. The highest BCUT2D eigenvalue weighted by atomic mass is 16.5. The summed E-state index contributed by atoms with van der Waals surface area (Å²) in [6.45, 7) is 9.88. The van der Waals surface area contributed by atoms with Gasteiger partial charge in [-0.15, -0.1) is 0 Å². The number of hydrogen-bond acceptors (Lipinski definition) is 5. The highest BCUT2D eigenvalue weighted by Crippen LogP contribution is 2.34. The monoisotopic (exact) mass is 433 g/mol. The molecule has 0 amide bonds. The number of nitrogens with zero attached hydrogens (tertiary/aromatic N) is 5. The van der Waals surface area contributed by atoms with E-state index in [1.165, 1.54) is 29.6 Å². The molecular weight excluding hydrogens is 398 g/mol. The number of rotatable bonds is 6. The van der Waals surface area contributed by atoms with Crippen LogP contribution < -0.4 is 9.64 Å². The van der Waals surface area contributed by atoms with Crippen LogP contribution in [0.15, 0.2) is 36.7 Å². The van der Waals surface area contributed by atoms with E-state index in [9.17, 15) is 0 Å². The topological polar surface area (TPSA) is 46.4 Å². The fraction of sp³-hybridized carbons (Fsp3) is 0.538. The van der Waals surface area contributed by atoms with Gasteiger partial charge in [0.15, 0.2) is 5.82 Å². The Labute approximate surface area is 191 Å². The third kappa shape index (κ3) is 4.20. The summed E-state index contributed by atoms with van der Waals surface area (Å²) in [6, 6.07) is 11.2. The molecule has 1 aromatic carbocycles. The zero-order chi connectivity index (χ0) is 22.1. The van der Waals surface area contributed by atoms with Crippen LogP contribution in [0.3, 0.4) is 0 Å². The Bertz CT molecular complexity index is 1040. The van der Waals surface area contributed by atoms with E-state index in [0.29, 0.717) is 12.0 Å². The molecule has 2 aliphatic heterocycles. The molecule has 0 spiro atoms. The van der Waals surface area contributed by atoms with Gasteiger partial charge in [0.1, 0.15) is 11.3 Å². The summed E-state index contributed by atoms with van der Waals surface area (Å²) < 4.78 is 7.59. The Balaban J connectivity index is 1.34. The minimum atomic E-state index is 0.396. The maximum Gasteiger partial charge on any atom is 0.157 e. The molecule has 0 unspecified atom stereocenters. The van der Waals surface area contributed by atoms with Gasteiger partial charge in [-0.2, -0.15) is 0 Å². The van der Waals surface area contributed by atoms with Crippen molar-refractivity contribution in [2.75, 3.05) is 38.2 Å². The average molecular weight is 434 g/mol. The molecule has 170 valence electrons. The summed E-state index contributed by atoms with van der Waals surface area (Å²) in [5, 5.41) is 0. The predicted molar refractivity (Wildman–Crippen MR) is 130 cm³/mol. The number of pyridine rings is 1. The average Bonchev–Trinajstić information content (AvgIpc) is 3.50. The minimum absolute atomic E-state index is 0.396. The molecule has 2 fully saturated rings. The second-order valence-corrected chi connectivity index (χ2v) is 9.58. The molecule has 3 aromatic rings. The van der Waals surface area contributed by atoms with Crippen molar-refractivity contribution >= 4 is 16.9 Å². The van der Waals surface area contributed by atoms with E-state index in [4.69, 9.17) is 14.7 Å². The maximum atomic E-state index is 5.29. The number of anilines is 1. The Hall–Kier alpha value is -2.60. The zero-order valence-electron chi connectivity index (χ0n) is 19.6. The number of aromatic nitrogens is 3. The molecule has 0 atom stereocenters. The SMILES string of the molecule is COc1ccc(CN2CCC(c3cc4c(ncn4C(C)C)c(N4CCCC4)n3)CC2)cc1. The molecular formula is C26H35N5O. The van der Waals surface area contributed by atoms with Crippen LogP contribution in [0, 0.1) is 0 Å². The fourth-order valence-corrected chi connectivity index (χ4v) is 5.18. The molecule has 2 saturated heterocycles. The summed E-state index contributed by atoms with van der Waals surface area (Å²) in [7, 11) is 1.72. The summed E-state index contributed by atoms with van der Waals surface area (Å²) >= 11 is 0. The van der Waals surface area contributed by atoms with Crippen LogP contribution in [0.5, 0.6) is 5.75 Å². The van der Waals surface area contributed by atoms with Crippen molar-refractivity contribution in [1.82, 2.24) is 19.4 Å². The Kier molecular flexibility index (Phi) is 6.05. The third-order valence-electron chi connectivity index (χ3n) is 7.10. The molecule has 4 heterocycles. The van der Waals surface area contributed by atoms with E-state index < -0.39 is 0 Å². The van der Waals surface area contributed by atoms with Crippen molar-refractivity contribution in [1.29, 1.82) is 0 Å². The third-order valence-corrected chi connectivity index (χ3v) is 7.10. The van der Waals surface area contributed by atoms with Gasteiger partial charge in [0.05, 0.1) is 19.0 Å². The van der Waals surface area contributed by atoms with Gasteiger partial charge in [-0.05, 0) is 76.4 Å². The van der Waals surface area contributed by atoms with E-state index in [-0.39, 0.29) is 0 Å². The lowest BCUT2D eigenvalue weighted by Gasteiger charge is -2.32. The van der Waals surface area contributed by atoms with E-state index in [1.807, 2.05) is 6.33 Å². The predicted octanol–water partition coefficient (Wildman–Crippen LogP) is 5.00. The summed E-state index contributed by atoms with van der Waals surface area (Å²) in [4.78, 5) is 15.0. The lowest BCUT2D eigenvalue weighted by molar-refractivity contribution is 0.203. The van der Waals surface area contributed by atoms with Crippen LogP contribution >= 0.6 is 0 Å². The first-order valence-electron chi connectivity index (χ1n) is 12.1. The van der Waals surface area contributed by atoms with E-state index in [0.717, 1.165) is 62.6 Å². The molecule has 0 aliphatic carbocycles. The number of imidazole rings is 1. The smallest absolute Gasteiger partial charge is 0.157 e. The van der Waals surface area contributed by atoms with Crippen molar-refractivity contribution in [3.63, 3.8) is 0 Å². The van der Waals surface area contributed by atoms with Gasteiger partial charge in [-0.1, -0.05) is 12.1 Å². The van der Waals surface area contributed by atoms with Gasteiger partial charge in [-0.3, -0.25) is 4.90 Å². The highest BCUT2D eigenvalue weighted by molar-refractivity contribution is 5.87. The van der Waals surface area contributed by atoms with Crippen LogP contribution in [-0.2, 0) is 6.54 Å². The largest absolute Gasteiger partial charge is 0.497 e. The zero-order valence-corrected chi connectivity index (χ0v) is 19.6. The van der Waals surface area contributed by atoms with Gasteiger partial charge in [0.2, 0.25) is 0 Å². The second-order valence-electron chi connectivity index (χ2n) is 9.58. The van der Waals surface area contributed by atoms with Crippen molar-refractivity contribution in [3.05, 3.63) is 47.9 Å². The van der Waals surface area contributed by atoms with E-state index >= 15 is 0 Å². The summed E-state index contributed by atoms with van der Waals surface area (Å²) in [5.74, 6) is 2.54. The first-order valence-corrected chi connectivity index (χ1v) is 12.1. The maximum absolute atomic E-state index is 5.29. The number of methoxy groups -OCH3 is 1. The van der Waals surface area contributed by atoms with Gasteiger partial charge in [0, 0.05) is 37.3 Å². The number of likely N-dealkylation sites (tertiary alicyclic amines) is 1. The van der Waals surface area contributed by atoms with Crippen LogP contribution in [0.4, 0.5) is 5.82 Å². The number of piperidine rings is 1. The van der Waals surface area contributed by atoms with Crippen LogP contribution in [-0.4, -0.2) is 52.7 Å². The first kappa shape index (κ1) is 21.3. The number of fused-ring (bicyclic) bond motifs is 1. The van der Waals surface area contributed by atoms with Crippen LogP contribution in [0.2, 0.25) is 0 Å². The molecule has 0 saturated carbocycles. The molecule has 0 N–H and O–H groups in total. The highest BCUT2D eigenvalue weighted by Gasteiger charge is 2.26.